The second-order valence-corrected chi connectivity index (χ2v) is 5.26. The van der Waals surface area contributed by atoms with Crippen LogP contribution in [0.5, 0.6) is 5.75 Å². The highest BCUT2D eigenvalue weighted by molar-refractivity contribution is 5.91. The summed E-state index contributed by atoms with van der Waals surface area (Å²) in [6, 6.07) is 5.45. The largest absolute Gasteiger partial charge is 0.496 e. The molecule has 1 heterocycles. The summed E-state index contributed by atoms with van der Waals surface area (Å²) in [5, 5.41) is 2.88. The van der Waals surface area contributed by atoms with Crippen LogP contribution in [0.25, 0.3) is 11.3 Å². The van der Waals surface area contributed by atoms with Gasteiger partial charge >= 0.3 is 0 Å². The van der Waals surface area contributed by atoms with Crippen LogP contribution in [0.4, 0.5) is 5.69 Å². The number of nitrogens with zero attached hydrogens (tertiary/aromatic N) is 1. The SMILES string of the molecule is COc1cc(NC(=O)CCC(C)C)ccc1-c1cnco1. The number of aromatic nitrogens is 1. The second-order valence-electron chi connectivity index (χ2n) is 5.26. The summed E-state index contributed by atoms with van der Waals surface area (Å²) in [7, 11) is 1.58. The molecule has 1 aromatic carbocycles. The summed E-state index contributed by atoms with van der Waals surface area (Å²) in [6.07, 6.45) is 4.39. The van der Waals surface area contributed by atoms with Crippen molar-refractivity contribution in [1.29, 1.82) is 0 Å². The highest BCUT2D eigenvalue weighted by atomic mass is 16.5. The molecule has 0 spiro atoms. The number of carbonyl (C=O) groups excluding carboxylic acids is 1. The molecule has 1 aromatic heterocycles. The van der Waals surface area contributed by atoms with Crippen molar-refractivity contribution in [2.45, 2.75) is 26.7 Å². The van der Waals surface area contributed by atoms with Crippen LogP contribution < -0.4 is 10.1 Å². The minimum absolute atomic E-state index is 0.0122. The Balaban J connectivity index is 2.10. The van der Waals surface area contributed by atoms with Gasteiger partial charge in [-0.25, -0.2) is 4.98 Å². The fourth-order valence-corrected chi connectivity index (χ4v) is 1.96. The predicted octanol–water partition coefficient (Wildman–Crippen LogP) is 3.72. The summed E-state index contributed by atoms with van der Waals surface area (Å²) in [6.45, 7) is 4.20. The first-order valence-electron chi connectivity index (χ1n) is 6.97. The van der Waals surface area contributed by atoms with Crippen LogP contribution in [0.15, 0.2) is 35.2 Å². The van der Waals surface area contributed by atoms with Crippen LogP contribution in [0, 0.1) is 5.92 Å². The maximum Gasteiger partial charge on any atom is 0.224 e. The minimum Gasteiger partial charge on any atom is -0.496 e. The summed E-state index contributed by atoms with van der Waals surface area (Å²) >= 11 is 0. The van der Waals surface area contributed by atoms with Crippen LogP contribution in [-0.4, -0.2) is 18.0 Å². The van der Waals surface area contributed by atoms with Crippen molar-refractivity contribution < 1.29 is 13.9 Å². The number of carbonyl (C=O) groups is 1. The third kappa shape index (κ3) is 4.08. The van der Waals surface area contributed by atoms with Crippen LogP contribution in [0.3, 0.4) is 0 Å². The Hall–Kier alpha value is -2.30. The lowest BCUT2D eigenvalue weighted by Gasteiger charge is -2.10. The number of nitrogens with one attached hydrogen (secondary N) is 1. The lowest BCUT2D eigenvalue weighted by molar-refractivity contribution is -0.116. The first kappa shape index (κ1) is 15.1. The Bertz CT molecular complexity index is 592. The summed E-state index contributed by atoms with van der Waals surface area (Å²) < 4.78 is 10.6. The number of amides is 1. The number of hydrogen-bond acceptors (Lipinski definition) is 4. The molecule has 112 valence electrons. The van der Waals surface area contributed by atoms with Gasteiger partial charge in [0, 0.05) is 18.2 Å². The van der Waals surface area contributed by atoms with Gasteiger partial charge in [0.25, 0.3) is 0 Å². The topological polar surface area (TPSA) is 64.4 Å². The van der Waals surface area contributed by atoms with Gasteiger partial charge in [-0.15, -0.1) is 0 Å². The molecule has 21 heavy (non-hydrogen) atoms. The lowest BCUT2D eigenvalue weighted by atomic mass is 10.1. The smallest absolute Gasteiger partial charge is 0.224 e. The molecule has 0 fully saturated rings. The molecular formula is C16H20N2O3. The monoisotopic (exact) mass is 288 g/mol. The predicted molar refractivity (Wildman–Crippen MR) is 81.2 cm³/mol. The van der Waals surface area contributed by atoms with E-state index >= 15 is 0 Å². The Morgan fingerprint density at radius 2 is 2.24 bits per heavy atom. The fraction of sp³-hybridized carbons (Fsp3) is 0.375. The molecule has 0 unspecified atom stereocenters. The fourth-order valence-electron chi connectivity index (χ4n) is 1.96. The van der Waals surface area contributed by atoms with E-state index in [9.17, 15) is 4.79 Å². The number of methoxy groups -OCH3 is 1. The molecule has 1 amide bonds. The minimum atomic E-state index is 0.0122. The Morgan fingerprint density at radius 1 is 1.43 bits per heavy atom. The molecule has 2 aromatic rings. The van der Waals surface area contributed by atoms with E-state index in [0.717, 1.165) is 12.0 Å². The van der Waals surface area contributed by atoms with Gasteiger partial charge in [-0.3, -0.25) is 4.79 Å². The van der Waals surface area contributed by atoms with E-state index in [1.165, 1.54) is 6.39 Å². The van der Waals surface area contributed by atoms with E-state index in [4.69, 9.17) is 9.15 Å². The molecule has 2 rings (SSSR count). The number of benzene rings is 1. The average Bonchev–Trinajstić information content (AvgIpc) is 2.99. The van der Waals surface area contributed by atoms with Crippen molar-refractivity contribution in [2.75, 3.05) is 12.4 Å². The average molecular weight is 288 g/mol. The molecule has 0 bridgehead atoms. The summed E-state index contributed by atoms with van der Waals surface area (Å²) in [4.78, 5) is 15.7. The molecule has 5 nitrogen and oxygen atoms in total. The first-order valence-corrected chi connectivity index (χ1v) is 6.97. The van der Waals surface area contributed by atoms with Gasteiger partial charge in [0.15, 0.2) is 12.2 Å². The van der Waals surface area contributed by atoms with Crippen molar-refractivity contribution in [3.8, 4) is 17.1 Å². The maximum absolute atomic E-state index is 11.8. The molecule has 0 aliphatic heterocycles. The van der Waals surface area contributed by atoms with Crippen molar-refractivity contribution >= 4 is 11.6 Å². The highest BCUT2D eigenvalue weighted by Crippen LogP contribution is 2.32. The molecule has 0 atom stereocenters. The molecule has 0 saturated carbocycles. The zero-order valence-electron chi connectivity index (χ0n) is 12.6. The van der Waals surface area contributed by atoms with E-state index in [2.05, 4.69) is 24.1 Å². The van der Waals surface area contributed by atoms with Crippen LogP contribution in [-0.2, 0) is 4.79 Å². The lowest BCUT2D eigenvalue weighted by Crippen LogP contribution is -2.12. The zero-order valence-corrected chi connectivity index (χ0v) is 12.6. The van der Waals surface area contributed by atoms with Crippen LogP contribution in [0.1, 0.15) is 26.7 Å². The van der Waals surface area contributed by atoms with Gasteiger partial charge in [-0.2, -0.15) is 0 Å². The van der Waals surface area contributed by atoms with Crippen LogP contribution >= 0.6 is 0 Å². The Kier molecular flexibility index (Phi) is 4.98. The van der Waals surface area contributed by atoms with Crippen molar-refractivity contribution in [1.82, 2.24) is 4.98 Å². The van der Waals surface area contributed by atoms with Gasteiger partial charge in [-0.1, -0.05) is 13.8 Å². The first-order chi connectivity index (χ1) is 10.1. The number of ether oxygens (including phenoxy) is 1. The normalized spacial score (nSPS) is 10.7. The number of hydrogen-bond donors (Lipinski definition) is 1. The van der Waals surface area contributed by atoms with E-state index in [0.29, 0.717) is 29.5 Å². The Labute approximate surface area is 124 Å². The number of oxazole rings is 1. The maximum atomic E-state index is 11.8. The summed E-state index contributed by atoms with van der Waals surface area (Å²) in [5.41, 5.74) is 1.51. The van der Waals surface area contributed by atoms with Crippen molar-refractivity contribution in [2.24, 2.45) is 5.92 Å². The Morgan fingerprint density at radius 3 is 2.86 bits per heavy atom. The van der Waals surface area contributed by atoms with E-state index in [-0.39, 0.29) is 5.91 Å². The second kappa shape index (κ2) is 6.92. The number of rotatable bonds is 6. The standard InChI is InChI=1S/C16H20N2O3/c1-11(2)4-7-16(19)18-12-5-6-13(14(8-12)20-3)15-9-17-10-21-15/h5-6,8-11H,4,7H2,1-3H3,(H,18,19). The zero-order chi connectivity index (χ0) is 15.2. The molecule has 5 heteroatoms. The highest BCUT2D eigenvalue weighted by Gasteiger charge is 2.11. The molecule has 1 N–H and O–H groups in total. The quantitative estimate of drug-likeness (QED) is 0.879. The van der Waals surface area contributed by atoms with Gasteiger partial charge in [-0.05, 0) is 24.5 Å². The van der Waals surface area contributed by atoms with E-state index in [1.807, 2.05) is 12.1 Å². The van der Waals surface area contributed by atoms with E-state index in [1.54, 1.807) is 19.4 Å². The third-order valence-corrected chi connectivity index (χ3v) is 3.13. The molecular weight excluding hydrogens is 268 g/mol. The summed E-state index contributed by atoms with van der Waals surface area (Å²) in [5.74, 6) is 1.79. The third-order valence-electron chi connectivity index (χ3n) is 3.13. The number of anilines is 1. The van der Waals surface area contributed by atoms with Crippen molar-refractivity contribution in [3.05, 3.63) is 30.8 Å². The molecule has 0 aliphatic rings. The van der Waals surface area contributed by atoms with Crippen LogP contribution in [0.2, 0.25) is 0 Å². The van der Waals surface area contributed by atoms with Gasteiger partial charge < -0.3 is 14.5 Å². The van der Waals surface area contributed by atoms with Gasteiger partial charge in [0.1, 0.15) is 5.75 Å². The van der Waals surface area contributed by atoms with Gasteiger partial charge in [0.05, 0.1) is 18.9 Å². The molecule has 0 saturated heterocycles. The molecule has 0 radical (unpaired) electrons. The van der Waals surface area contributed by atoms with E-state index < -0.39 is 0 Å². The molecule has 0 aliphatic carbocycles. The van der Waals surface area contributed by atoms with Crippen molar-refractivity contribution in [3.63, 3.8) is 0 Å². The van der Waals surface area contributed by atoms with Gasteiger partial charge in [0.2, 0.25) is 5.91 Å².